The molecular weight excluding hydrogens is 397 g/mol. The second-order valence-corrected chi connectivity index (χ2v) is 7.57. The van der Waals surface area contributed by atoms with Crippen LogP contribution in [-0.4, -0.2) is 50.6 Å². The fourth-order valence-corrected chi connectivity index (χ4v) is 4.00. The summed E-state index contributed by atoms with van der Waals surface area (Å²) in [6.45, 7) is -0.534. The maximum atomic E-state index is 13.5. The van der Waals surface area contributed by atoms with Gasteiger partial charge >= 0.3 is 5.69 Å². The Bertz CT molecular complexity index is 966. The molecule has 1 aromatic heterocycles. The van der Waals surface area contributed by atoms with Gasteiger partial charge in [-0.3, -0.25) is 9.36 Å². The monoisotopic (exact) mass is 414 g/mol. The molecule has 3 heterocycles. The quantitative estimate of drug-likeness (QED) is 0.774. The van der Waals surface area contributed by atoms with Crippen molar-refractivity contribution in [2.24, 2.45) is 0 Å². The van der Waals surface area contributed by atoms with Gasteiger partial charge in [0.05, 0.1) is 24.7 Å². The third kappa shape index (κ3) is 3.32. The fourth-order valence-electron chi connectivity index (χ4n) is 3.79. The number of benzene rings is 1. The van der Waals surface area contributed by atoms with Gasteiger partial charge in [0.2, 0.25) is 5.91 Å². The van der Waals surface area contributed by atoms with E-state index in [1.54, 1.807) is 0 Å². The number of aryl methyl sites for hydroxylation is 1. The minimum Gasteiger partial charge on any atom is -0.335 e. The summed E-state index contributed by atoms with van der Waals surface area (Å²) in [5.74, 6) is -0.568. The Kier molecular flexibility index (Phi) is 4.95. The normalized spacial score (nSPS) is 24.4. The molecule has 28 heavy (non-hydrogen) atoms. The number of carbonyl (C=O) groups excluding carboxylic acids is 1. The van der Waals surface area contributed by atoms with E-state index in [9.17, 15) is 22.8 Å². The highest BCUT2D eigenvalue weighted by atomic mass is 35.5. The standard InChI is InChI=1S/C18H18ClF3N4O2/c19-11-6-10(4-5-12(11)20)7-25-18(28)26-15(2-1-3-16(26)23-25)17(27)24-8-13(21)14(22)9-24/h4-6,13-15H,1-3,7-9H2/t13-,14+,15-/m0/s1. The Hall–Kier alpha value is -2.29. The number of carbonyl (C=O) groups is 1. The minimum absolute atomic E-state index is 0.0573. The Balaban J connectivity index is 1.62. The number of aromatic nitrogens is 3. The second kappa shape index (κ2) is 7.27. The maximum Gasteiger partial charge on any atom is 0.346 e. The number of alkyl halides is 2. The number of halogens is 4. The lowest BCUT2D eigenvalue weighted by Crippen LogP contribution is -2.42. The highest BCUT2D eigenvalue weighted by Gasteiger charge is 2.40. The van der Waals surface area contributed by atoms with Crippen LogP contribution in [0, 0.1) is 5.82 Å². The van der Waals surface area contributed by atoms with Gasteiger partial charge < -0.3 is 4.90 Å². The summed E-state index contributed by atoms with van der Waals surface area (Å²) in [4.78, 5) is 26.8. The zero-order valence-corrected chi connectivity index (χ0v) is 15.6. The number of rotatable bonds is 3. The molecule has 1 fully saturated rings. The smallest absolute Gasteiger partial charge is 0.335 e. The van der Waals surface area contributed by atoms with Crippen LogP contribution in [0.25, 0.3) is 0 Å². The Morgan fingerprint density at radius 3 is 2.64 bits per heavy atom. The number of amides is 1. The van der Waals surface area contributed by atoms with Gasteiger partial charge in [-0.2, -0.15) is 5.10 Å². The molecule has 0 bridgehead atoms. The molecule has 2 aromatic rings. The van der Waals surface area contributed by atoms with Crippen LogP contribution in [0.4, 0.5) is 13.2 Å². The van der Waals surface area contributed by atoms with Crippen molar-refractivity contribution >= 4 is 17.5 Å². The van der Waals surface area contributed by atoms with Crippen LogP contribution in [-0.2, 0) is 17.8 Å². The van der Waals surface area contributed by atoms with Gasteiger partial charge in [0.1, 0.15) is 17.7 Å². The average molecular weight is 415 g/mol. The first kappa shape index (κ1) is 19.0. The van der Waals surface area contributed by atoms with E-state index in [0.29, 0.717) is 30.7 Å². The number of fused-ring (bicyclic) bond motifs is 1. The molecule has 0 spiro atoms. The van der Waals surface area contributed by atoms with Crippen molar-refractivity contribution in [1.82, 2.24) is 19.2 Å². The van der Waals surface area contributed by atoms with Crippen LogP contribution >= 0.6 is 11.6 Å². The van der Waals surface area contributed by atoms with E-state index < -0.39 is 35.8 Å². The third-order valence-electron chi connectivity index (χ3n) is 5.23. The second-order valence-electron chi connectivity index (χ2n) is 7.16. The van der Waals surface area contributed by atoms with Crippen molar-refractivity contribution < 1.29 is 18.0 Å². The summed E-state index contributed by atoms with van der Waals surface area (Å²) in [5.41, 5.74) is 0.105. The Morgan fingerprint density at radius 2 is 1.96 bits per heavy atom. The summed E-state index contributed by atoms with van der Waals surface area (Å²) in [7, 11) is 0. The molecule has 2 aliphatic rings. The van der Waals surface area contributed by atoms with E-state index >= 15 is 0 Å². The van der Waals surface area contributed by atoms with Gasteiger partial charge in [0.15, 0.2) is 12.3 Å². The van der Waals surface area contributed by atoms with E-state index in [4.69, 9.17) is 11.6 Å². The average Bonchev–Trinajstić information content (AvgIpc) is 3.17. The molecule has 1 amide bonds. The van der Waals surface area contributed by atoms with Crippen molar-refractivity contribution in [3.63, 3.8) is 0 Å². The SMILES string of the molecule is O=C([C@@H]1CCCc2nn(Cc3ccc(F)c(Cl)c3)c(=O)n21)N1C[C@@H](F)[C@@H](F)C1. The van der Waals surface area contributed by atoms with E-state index in [2.05, 4.69) is 5.10 Å². The Labute approximate surface area is 163 Å². The van der Waals surface area contributed by atoms with Crippen LogP contribution in [0.2, 0.25) is 5.02 Å². The third-order valence-corrected chi connectivity index (χ3v) is 5.52. The highest BCUT2D eigenvalue weighted by molar-refractivity contribution is 6.30. The van der Waals surface area contributed by atoms with Crippen molar-refractivity contribution in [2.45, 2.75) is 44.2 Å². The van der Waals surface area contributed by atoms with Crippen LogP contribution in [0.1, 0.15) is 30.3 Å². The lowest BCUT2D eigenvalue weighted by atomic mass is 10.0. The number of hydrogen-bond acceptors (Lipinski definition) is 3. The van der Waals surface area contributed by atoms with E-state index in [-0.39, 0.29) is 24.7 Å². The molecule has 1 aromatic carbocycles. The van der Waals surface area contributed by atoms with Crippen molar-refractivity contribution in [3.8, 4) is 0 Å². The molecule has 6 nitrogen and oxygen atoms in total. The molecule has 10 heteroatoms. The first-order chi connectivity index (χ1) is 13.3. The maximum absolute atomic E-state index is 13.5. The van der Waals surface area contributed by atoms with Crippen LogP contribution in [0.3, 0.4) is 0 Å². The zero-order valence-electron chi connectivity index (χ0n) is 14.8. The number of hydrogen-bond donors (Lipinski definition) is 0. The zero-order chi connectivity index (χ0) is 20.0. The van der Waals surface area contributed by atoms with E-state index in [1.807, 2.05) is 0 Å². The van der Waals surface area contributed by atoms with Crippen molar-refractivity contribution in [1.29, 1.82) is 0 Å². The van der Waals surface area contributed by atoms with E-state index in [0.717, 1.165) is 4.90 Å². The summed E-state index contributed by atoms with van der Waals surface area (Å²) in [6, 6.07) is 3.30. The van der Waals surface area contributed by atoms with Gasteiger partial charge in [-0.1, -0.05) is 17.7 Å². The van der Waals surface area contributed by atoms with Gasteiger partial charge in [-0.05, 0) is 30.5 Å². The number of likely N-dealkylation sites (tertiary alicyclic amines) is 1. The van der Waals surface area contributed by atoms with Crippen molar-refractivity contribution in [2.75, 3.05) is 13.1 Å². The summed E-state index contributed by atoms with van der Waals surface area (Å²) in [5, 5.41) is 4.24. The molecule has 0 N–H and O–H groups in total. The minimum atomic E-state index is -1.70. The summed E-state index contributed by atoms with van der Waals surface area (Å²) >= 11 is 5.78. The fraction of sp³-hybridized carbons (Fsp3) is 0.500. The molecule has 2 aliphatic heterocycles. The molecule has 0 unspecified atom stereocenters. The largest absolute Gasteiger partial charge is 0.346 e. The highest BCUT2D eigenvalue weighted by Crippen LogP contribution is 2.27. The number of nitrogens with zero attached hydrogens (tertiary/aromatic N) is 4. The molecule has 150 valence electrons. The molecule has 0 aliphatic carbocycles. The lowest BCUT2D eigenvalue weighted by molar-refractivity contribution is -0.134. The molecular formula is C18H18ClF3N4O2. The van der Waals surface area contributed by atoms with Crippen molar-refractivity contribution in [3.05, 3.63) is 50.9 Å². The lowest BCUT2D eigenvalue weighted by Gasteiger charge is -2.26. The molecule has 0 radical (unpaired) electrons. The first-order valence-corrected chi connectivity index (χ1v) is 9.42. The van der Waals surface area contributed by atoms with Gasteiger partial charge in [-0.15, -0.1) is 0 Å². The predicted molar refractivity (Wildman–Crippen MR) is 95.3 cm³/mol. The van der Waals surface area contributed by atoms with Crippen LogP contribution in [0.15, 0.2) is 23.0 Å². The van der Waals surface area contributed by atoms with Gasteiger partial charge in [0.25, 0.3) is 0 Å². The van der Waals surface area contributed by atoms with Gasteiger partial charge in [0, 0.05) is 6.42 Å². The van der Waals surface area contributed by atoms with Crippen LogP contribution < -0.4 is 5.69 Å². The van der Waals surface area contributed by atoms with Crippen LogP contribution in [0.5, 0.6) is 0 Å². The Morgan fingerprint density at radius 1 is 1.25 bits per heavy atom. The molecule has 1 saturated heterocycles. The summed E-state index contributed by atoms with van der Waals surface area (Å²) in [6.07, 6.45) is -1.83. The molecule has 0 saturated carbocycles. The van der Waals surface area contributed by atoms with E-state index in [1.165, 1.54) is 27.4 Å². The molecule has 3 atom stereocenters. The first-order valence-electron chi connectivity index (χ1n) is 9.04. The van der Waals surface area contributed by atoms with Gasteiger partial charge in [-0.25, -0.2) is 22.6 Å². The summed E-state index contributed by atoms with van der Waals surface area (Å²) < 4.78 is 42.8. The topological polar surface area (TPSA) is 60.1 Å². The molecule has 4 rings (SSSR count). The predicted octanol–water partition coefficient (Wildman–Crippen LogP) is 2.28.